The lowest BCUT2D eigenvalue weighted by Gasteiger charge is -2.00. The number of halogens is 1. The summed E-state index contributed by atoms with van der Waals surface area (Å²) in [4.78, 5) is 10.4. The summed E-state index contributed by atoms with van der Waals surface area (Å²) < 4.78 is 2.69. The fraction of sp³-hybridized carbons (Fsp3) is 0.273. The van der Waals surface area contributed by atoms with Gasteiger partial charge in [-0.05, 0) is 34.0 Å². The van der Waals surface area contributed by atoms with Crippen LogP contribution in [0.25, 0.3) is 10.9 Å². The molecule has 0 N–H and O–H groups in total. The second kappa shape index (κ2) is 4.14. The lowest BCUT2D eigenvalue weighted by atomic mass is 10.1. The minimum absolute atomic E-state index is 0.556. The molecule has 0 unspecified atom stereocenters. The number of hydrogen-bond acceptors (Lipinski definition) is 2. The molecule has 0 radical (unpaired) electrons. The Morgan fingerprint density at radius 1 is 1.53 bits per heavy atom. The molecule has 0 aliphatic carbocycles. The number of fused-ring (bicyclic) bond motifs is 1. The van der Waals surface area contributed by atoms with E-state index < -0.39 is 0 Å². The highest BCUT2D eigenvalue weighted by molar-refractivity contribution is 9.10. The van der Waals surface area contributed by atoms with Crippen LogP contribution in [0.4, 0.5) is 0 Å². The Hall–Kier alpha value is -1.16. The molecular formula is C11H11BrN2O. The van der Waals surface area contributed by atoms with Crippen molar-refractivity contribution >= 4 is 33.1 Å². The summed E-state index contributed by atoms with van der Waals surface area (Å²) in [7, 11) is 1.91. The summed E-state index contributed by atoms with van der Waals surface area (Å²) in [6.07, 6.45) is 2.27. The molecule has 0 aliphatic heterocycles. The number of aldehydes is 1. The fourth-order valence-corrected chi connectivity index (χ4v) is 2.45. The largest absolute Gasteiger partial charge is 0.303 e. The number of benzene rings is 1. The number of nitrogens with zero attached hydrogens (tertiary/aromatic N) is 2. The first-order valence-corrected chi connectivity index (χ1v) is 5.57. The maximum atomic E-state index is 10.4. The summed E-state index contributed by atoms with van der Waals surface area (Å²) in [5.74, 6) is 0. The number of aryl methyl sites for hydroxylation is 2. The van der Waals surface area contributed by atoms with Crippen molar-refractivity contribution in [2.45, 2.75) is 12.8 Å². The van der Waals surface area contributed by atoms with Crippen LogP contribution in [0.2, 0.25) is 0 Å². The van der Waals surface area contributed by atoms with Crippen molar-refractivity contribution in [1.82, 2.24) is 9.78 Å². The smallest absolute Gasteiger partial charge is 0.136 e. The predicted molar refractivity (Wildman–Crippen MR) is 62.8 cm³/mol. The lowest BCUT2D eigenvalue weighted by molar-refractivity contribution is -0.107. The fourth-order valence-electron chi connectivity index (χ4n) is 1.75. The highest BCUT2D eigenvalue weighted by Gasteiger charge is 2.09. The van der Waals surface area contributed by atoms with Crippen LogP contribution in [0.15, 0.2) is 22.8 Å². The second-order valence-electron chi connectivity index (χ2n) is 3.43. The zero-order valence-corrected chi connectivity index (χ0v) is 9.99. The van der Waals surface area contributed by atoms with E-state index in [2.05, 4.69) is 21.0 Å². The molecule has 1 aromatic carbocycles. The lowest BCUT2D eigenvalue weighted by Crippen LogP contribution is -1.90. The zero-order valence-electron chi connectivity index (χ0n) is 8.40. The predicted octanol–water partition coefficient (Wildman–Crippen LogP) is 2.47. The molecule has 15 heavy (non-hydrogen) atoms. The van der Waals surface area contributed by atoms with E-state index in [0.717, 1.165) is 28.2 Å². The third-order valence-electron chi connectivity index (χ3n) is 2.45. The molecule has 0 saturated heterocycles. The van der Waals surface area contributed by atoms with E-state index in [1.165, 1.54) is 5.56 Å². The van der Waals surface area contributed by atoms with E-state index in [1.54, 1.807) is 0 Å². The van der Waals surface area contributed by atoms with Gasteiger partial charge in [0, 0.05) is 18.9 Å². The minimum Gasteiger partial charge on any atom is -0.303 e. The van der Waals surface area contributed by atoms with Crippen LogP contribution in [0, 0.1) is 0 Å². The zero-order chi connectivity index (χ0) is 10.8. The van der Waals surface area contributed by atoms with E-state index >= 15 is 0 Å². The number of hydrogen-bond donors (Lipinski definition) is 0. The average Bonchev–Trinajstić information content (AvgIpc) is 2.53. The summed E-state index contributed by atoms with van der Waals surface area (Å²) in [5, 5.41) is 5.42. The molecule has 0 fully saturated rings. The van der Waals surface area contributed by atoms with Gasteiger partial charge in [-0.2, -0.15) is 5.10 Å². The molecule has 0 spiro atoms. The Labute approximate surface area is 96.2 Å². The molecule has 0 bridgehead atoms. The Morgan fingerprint density at radius 3 is 3.07 bits per heavy atom. The van der Waals surface area contributed by atoms with Gasteiger partial charge < -0.3 is 4.79 Å². The van der Waals surface area contributed by atoms with Gasteiger partial charge >= 0.3 is 0 Å². The van der Waals surface area contributed by atoms with Crippen LogP contribution in [0.3, 0.4) is 0 Å². The maximum Gasteiger partial charge on any atom is 0.136 e. The molecule has 0 aliphatic rings. The van der Waals surface area contributed by atoms with Crippen LogP contribution in [-0.4, -0.2) is 16.1 Å². The normalized spacial score (nSPS) is 10.8. The standard InChI is InChI=1S/C11H11BrN2O/c1-14-9-6-2-4-8(5-3-7-15)10(9)11(12)13-14/h2,4,6-7H,3,5H2,1H3. The first kappa shape index (κ1) is 10.4. The number of rotatable bonds is 3. The Balaban J connectivity index is 2.58. The van der Waals surface area contributed by atoms with Gasteiger partial charge in [-0.3, -0.25) is 4.68 Å². The third-order valence-corrected chi connectivity index (χ3v) is 3.01. The van der Waals surface area contributed by atoms with Crippen LogP contribution in [0.1, 0.15) is 12.0 Å². The van der Waals surface area contributed by atoms with E-state index in [0.29, 0.717) is 6.42 Å². The minimum atomic E-state index is 0.556. The molecule has 78 valence electrons. The van der Waals surface area contributed by atoms with Crippen LogP contribution >= 0.6 is 15.9 Å². The van der Waals surface area contributed by atoms with Gasteiger partial charge in [0.15, 0.2) is 0 Å². The summed E-state index contributed by atoms with van der Waals surface area (Å²) in [5.41, 5.74) is 2.25. The SMILES string of the molecule is Cn1nc(Br)c2c(CCC=O)cccc21. The van der Waals surface area contributed by atoms with Crippen molar-refractivity contribution in [2.75, 3.05) is 0 Å². The van der Waals surface area contributed by atoms with Gasteiger partial charge in [0.25, 0.3) is 0 Å². The van der Waals surface area contributed by atoms with Crippen molar-refractivity contribution in [1.29, 1.82) is 0 Å². The Morgan fingerprint density at radius 2 is 2.33 bits per heavy atom. The highest BCUT2D eigenvalue weighted by Crippen LogP contribution is 2.26. The molecule has 3 nitrogen and oxygen atoms in total. The molecule has 0 atom stereocenters. The maximum absolute atomic E-state index is 10.4. The Bertz CT molecular complexity index is 505. The van der Waals surface area contributed by atoms with Gasteiger partial charge in [0.1, 0.15) is 10.9 Å². The first-order chi connectivity index (χ1) is 7.24. The molecule has 1 heterocycles. The molecule has 1 aromatic heterocycles. The van der Waals surface area contributed by atoms with Gasteiger partial charge in [-0.1, -0.05) is 12.1 Å². The molecule has 0 amide bonds. The first-order valence-electron chi connectivity index (χ1n) is 4.77. The molecule has 4 heteroatoms. The quantitative estimate of drug-likeness (QED) is 0.801. The molecule has 0 saturated carbocycles. The van der Waals surface area contributed by atoms with Crippen molar-refractivity contribution in [3.05, 3.63) is 28.4 Å². The molecule has 2 rings (SSSR count). The average molecular weight is 267 g/mol. The monoisotopic (exact) mass is 266 g/mol. The van der Waals surface area contributed by atoms with Crippen molar-refractivity contribution in [3.8, 4) is 0 Å². The van der Waals surface area contributed by atoms with Crippen LogP contribution < -0.4 is 0 Å². The Kier molecular flexibility index (Phi) is 2.86. The second-order valence-corrected chi connectivity index (χ2v) is 4.18. The van der Waals surface area contributed by atoms with Gasteiger partial charge in [-0.15, -0.1) is 0 Å². The highest BCUT2D eigenvalue weighted by atomic mass is 79.9. The summed E-state index contributed by atoms with van der Waals surface area (Å²) in [6, 6.07) is 6.06. The van der Waals surface area contributed by atoms with E-state index in [1.807, 2.05) is 29.9 Å². The van der Waals surface area contributed by atoms with Crippen molar-refractivity contribution in [2.24, 2.45) is 7.05 Å². The summed E-state index contributed by atoms with van der Waals surface area (Å²) >= 11 is 3.44. The van der Waals surface area contributed by atoms with Gasteiger partial charge in [-0.25, -0.2) is 0 Å². The van der Waals surface area contributed by atoms with E-state index in [9.17, 15) is 4.79 Å². The van der Waals surface area contributed by atoms with Crippen molar-refractivity contribution < 1.29 is 4.79 Å². The van der Waals surface area contributed by atoms with Gasteiger partial charge in [0.2, 0.25) is 0 Å². The summed E-state index contributed by atoms with van der Waals surface area (Å²) in [6.45, 7) is 0. The van der Waals surface area contributed by atoms with Gasteiger partial charge in [0.05, 0.1) is 5.52 Å². The number of carbonyl (C=O) groups excluding carboxylic acids is 1. The molecular weight excluding hydrogens is 256 g/mol. The topological polar surface area (TPSA) is 34.9 Å². The van der Waals surface area contributed by atoms with Crippen LogP contribution in [-0.2, 0) is 18.3 Å². The van der Waals surface area contributed by atoms with Crippen LogP contribution in [0.5, 0.6) is 0 Å². The third kappa shape index (κ3) is 1.81. The molecule has 2 aromatic rings. The van der Waals surface area contributed by atoms with E-state index in [-0.39, 0.29) is 0 Å². The number of carbonyl (C=O) groups is 1. The number of aromatic nitrogens is 2. The van der Waals surface area contributed by atoms with E-state index in [4.69, 9.17) is 0 Å². The van der Waals surface area contributed by atoms with Crippen molar-refractivity contribution in [3.63, 3.8) is 0 Å².